The Hall–Kier alpha value is -1.81. The third-order valence-corrected chi connectivity index (χ3v) is 5.59. The molecule has 1 amide bonds. The van der Waals surface area contributed by atoms with E-state index in [2.05, 4.69) is 5.32 Å². The predicted octanol–water partition coefficient (Wildman–Crippen LogP) is 2.94. The number of benzene rings is 1. The maximum atomic E-state index is 12.9. The number of hydrogen-bond acceptors (Lipinski definition) is 4. The molecule has 1 saturated carbocycles. The van der Waals surface area contributed by atoms with Gasteiger partial charge in [0.05, 0.1) is 23.6 Å². The summed E-state index contributed by atoms with van der Waals surface area (Å²) < 4.78 is 69.0. The van der Waals surface area contributed by atoms with E-state index in [1.54, 1.807) is 0 Å². The fourth-order valence-corrected chi connectivity index (χ4v) is 3.88. The molecule has 1 N–H and O–H groups in total. The summed E-state index contributed by atoms with van der Waals surface area (Å²) in [6.45, 7) is 0.198. The van der Waals surface area contributed by atoms with E-state index in [0.29, 0.717) is 29.9 Å². The number of carbonyl (C=O) groups excluding carboxylic acids is 1. The molecule has 0 heterocycles. The average Bonchev–Trinajstić information content (AvgIpc) is 3.11. The van der Waals surface area contributed by atoms with Crippen molar-refractivity contribution in [2.75, 3.05) is 30.3 Å². The van der Waals surface area contributed by atoms with Crippen molar-refractivity contribution in [3.05, 3.63) is 29.8 Å². The predicted molar refractivity (Wildman–Crippen MR) is 99.5 cm³/mol. The number of nitrogens with zero attached hydrogens (tertiary/aromatic N) is 1. The van der Waals surface area contributed by atoms with Crippen molar-refractivity contribution in [3.8, 4) is 0 Å². The first kappa shape index (κ1) is 22.5. The second-order valence-corrected chi connectivity index (χ2v) is 8.71. The van der Waals surface area contributed by atoms with Crippen LogP contribution in [0.15, 0.2) is 24.3 Å². The van der Waals surface area contributed by atoms with Crippen molar-refractivity contribution < 1.29 is 31.1 Å². The van der Waals surface area contributed by atoms with Crippen molar-refractivity contribution in [1.29, 1.82) is 0 Å². The molecule has 0 unspecified atom stereocenters. The maximum Gasteiger partial charge on any atom is 0.416 e. The third-order valence-electron chi connectivity index (χ3n) is 4.45. The van der Waals surface area contributed by atoms with E-state index in [1.807, 2.05) is 0 Å². The van der Waals surface area contributed by atoms with Gasteiger partial charge in [-0.15, -0.1) is 0 Å². The molecule has 1 aliphatic carbocycles. The quantitative estimate of drug-likeness (QED) is 0.621. The fourth-order valence-electron chi connectivity index (χ4n) is 3.03. The van der Waals surface area contributed by atoms with E-state index in [9.17, 15) is 26.4 Å². The molecule has 2 rings (SSSR count). The second-order valence-electron chi connectivity index (χ2n) is 6.80. The van der Waals surface area contributed by atoms with Gasteiger partial charge in [0.2, 0.25) is 15.9 Å². The van der Waals surface area contributed by atoms with Gasteiger partial charge in [-0.05, 0) is 37.5 Å². The first-order valence-corrected chi connectivity index (χ1v) is 11.0. The molecule has 10 heteroatoms. The molecular formula is C18H25F3N2O4S. The lowest BCUT2D eigenvalue weighted by atomic mass is 10.2. The minimum absolute atomic E-state index is 0.211. The van der Waals surface area contributed by atoms with Crippen LogP contribution in [0.3, 0.4) is 0 Å². The molecule has 158 valence electrons. The topological polar surface area (TPSA) is 75.7 Å². The Labute approximate surface area is 163 Å². The van der Waals surface area contributed by atoms with Gasteiger partial charge in [0.25, 0.3) is 0 Å². The number of nitrogens with one attached hydrogen (secondary N) is 1. The zero-order valence-electron chi connectivity index (χ0n) is 15.7. The monoisotopic (exact) mass is 422 g/mol. The van der Waals surface area contributed by atoms with E-state index < -0.39 is 34.2 Å². The molecule has 6 nitrogen and oxygen atoms in total. The third kappa shape index (κ3) is 6.97. The van der Waals surface area contributed by atoms with Gasteiger partial charge in [0.15, 0.2) is 0 Å². The highest BCUT2D eigenvalue weighted by Crippen LogP contribution is 2.32. The molecule has 0 atom stereocenters. The van der Waals surface area contributed by atoms with Crippen LogP contribution in [0.1, 0.15) is 37.7 Å². The smallest absolute Gasteiger partial charge is 0.378 e. The first-order chi connectivity index (χ1) is 13.1. The lowest BCUT2D eigenvalue weighted by molar-refractivity contribution is -0.137. The molecule has 0 bridgehead atoms. The van der Waals surface area contributed by atoms with Crippen LogP contribution in [0.4, 0.5) is 18.9 Å². The number of halogens is 3. The highest BCUT2D eigenvalue weighted by Gasteiger charge is 2.32. The van der Waals surface area contributed by atoms with Crippen molar-refractivity contribution in [2.24, 2.45) is 0 Å². The van der Waals surface area contributed by atoms with Crippen molar-refractivity contribution in [2.45, 2.75) is 44.4 Å². The van der Waals surface area contributed by atoms with Crippen LogP contribution in [-0.2, 0) is 25.7 Å². The summed E-state index contributed by atoms with van der Waals surface area (Å²) in [4.78, 5) is 12.1. The number of rotatable bonds is 9. The SMILES string of the molecule is CS(=O)(=O)N(CC(=O)NCCCOC1CCCC1)c1cccc(C(F)(F)F)c1. The van der Waals surface area contributed by atoms with Crippen LogP contribution in [0, 0.1) is 0 Å². The van der Waals surface area contributed by atoms with Crippen LogP contribution in [0.25, 0.3) is 0 Å². The number of sulfonamides is 1. The van der Waals surface area contributed by atoms with Crippen LogP contribution in [0.5, 0.6) is 0 Å². The number of anilines is 1. The minimum atomic E-state index is -4.61. The maximum absolute atomic E-state index is 12.9. The van der Waals surface area contributed by atoms with Crippen molar-refractivity contribution >= 4 is 21.6 Å². The summed E-state index contributed by atoms with van der Waals surface area (Å²) in [5, 5.41) is 2.58. The zero-order chi connectivity index (χ0) is 20.8. The molecule has 1 fully saturated rings. The van der Waals surface area contributed by atoms with Gasteiger partial charge in [0, 0.05) is 13.2 Å². The van der Waals surface area contributed by atoms with Crippen molar-refractivity contribution in [1.82, 2.24) is 5.32 Å². The first-order valence-electron chi connectivity index (χ1n) is 9.10. The van der Waals surface area contributed by atoms with Gasteiger partial charge < -0.3 is 10.1 Å². The Morgan fingerprint density at radius 3 is 2.57 bits per heavy atom. The van der Waals surface area contributed by atoms with E-state index in [4.69, 9.17) is 4.74 Å². The van der Waals surface area contributed by atoms with Crippen LogP contribution < -0.4 is 9.62 Å². The van der Waals surface area contributed by atoms with Gasteiger partial charge in [-0.3, -0.25) is 9.10 Å². The van der Waals surface area contributed by atoms with Gasteiger partial charge >= 0.3 is 6.18 Å². The van der Waals surface area contributed by atoms with E-state index in [0.717, 1.165) is 44.1 Å². The number of ether oxygens (including phenoxy) is 1. The van der Waals surface area contributed by atoms with Gasteiger partial charge in [-0.2, -0.15) is 13.2 Å². The second kappa shape index (κ2) is 9.60. The Morgan fingerprint density at radius 1 is 1.29 bits per heavy atom. The lowest BCUT2D eigenvalue weighted by Gasteiger charge is -2.23. The van der Waals surface area contributed by atoms with E-state index >= 15 is 0 Å². The van der Waals surface area contributed by atoms with Crippen molar-refractivity contribution in [3.63, 3.8) is 0 Å². The standard InChI is InChI=1S/C18H25F3N2O4S/c1-28(25,26)23(15-7-4-6-14(12-15)18(19,20)21)13-17(24)22-10-5-11-27-16-8-2-3-9-16/h4,6-7,12,16H,2-3,5,8-11,13H2,1H3,(H,22,24). The molecule has 1 aromatic rings. The number of alkyl halides is 3. The fraction of sp³-hybridized carbons (Fsp3) is 0.611. The van der Waals surface area contributed by atoms with Gasteiger partial charge in [-0.1, -0.05) is 18.9 Å². The summed E-state index contributed by atoms with van der Waals surface area (Å²) >= 11 is 0. The normalized spacial score (nSPS) is 15.6. The summed E-state index contributed by atoms with van der Waals surface area (Å²) in [6, 6.07) is 3.88. The van der Waals surface area contributed by atoms with E-state index in [1.165, 1.54) is 6.07 Å². The Balaban J connectivity index is 1.90. The summed E-state index contributed by atoms with van der Waals surface area (Å²) in [6.07, 6.45) is 1.51. The Bertz CT molecular complexity index is 762. The summed E-state index contributed by atoms with van der Waals surface area (Å²) in [5.74, 6) is -0.594. The van der Waals surface area contributed by atoms with E-state index in [-0.39, 0.29) is 11.8 Å². The number of carbonyl (C=O) groups is 1. The average molecular weight is 422 g/mol. The Morgan fingerprint density at radius 2 is 1.96 bits per heavy atom. The molecule has 0 saturated heterocycles. The van der Waals surface area contributed by atoms with Gasteiger partial charge in [0.1, 0.15) is 6.54 Å². The van der Waals surface area contributed by atoms with Gasteiger partial charge in [-0.25, -0.2) is 8.42 Å². The van der Waals surface area contributed by atoms with Crippen LogP contribution in [0.2, 0.25) is 0 Å². The Kier molecular flexibility index (Phi) is 7.70. The molecular weight excluding hydrogens is 397 g/mol. The molecule has 28 heavy (non-hydrogen) atoms. The minimum Gasteiger partial charge on any atom is -0.378 e. The molecule has 0 aliphatic heterocycles. The zero-order valence-corrected chi connectivity index (χ0v) is 16.5. The summed E-state index contributed by atoms with van der Waals surface area (Å²) in [7, 11) is -3.94. The molecule has 0 aromatic heterocycles. The number of amides is 1. The summed E-state index contributed by atoms with van der Waals surface area (Å²) in [5.41, 5.74) is -1.19. The lowest BCUT2D eigenvalue weighted by Crippen LogP contribution is -2.40. The highest BCUT2D eigenvalue weighted by atomic mass is 32.2. The molecule has 0 radical (unpaired) electrons. The number of hydrogen-bond donors (Lipinski definition) is 1. The molecule has 1 aromatic carbocycles. The molecule has 1 aliphatic rings. The molecule has 0 spiro atoms. The highest BCUT2D eigenvalue weighted by molar-refractivity contribution is 7.92. The largest absolute Gasteiger partial charge is 0.416 e. The van der Waals surface area contributed by atoms with Crippen LogP contribution in [-0.4, -0.2) is 46.4 Å². The van der Waals surface area contributed by atoms with Crippen LogP contribution >= 0.6 is 0 Å².